The lowest BCUT2D eigenvalue weighted by Crippen LogP contribution is -2.44. The Kier molecular flexibility index (Phi) is 6.68. The van der Waals surface area contributed by atoms with Crippen molar-refractivity contribution in [3.8, 4) is 5.69 Å². The Morgan fingerprint density at radius 3 is 2.79 bits per heavy atom. The lowest BCUT2D eigenvalue weighted by atomic mass is 10.1. The van der Waals surface area contributed by atoms with Crippen molar-refractivity contribution in [1.29, 1.82) is 0 Å². The number of amides is 1. The summed E-state index contributed by atoms with van der Waals surface area (Å²) in [6, 6.07) is 10.6. The molecule has 1 amide bonds. The molecule has 1 aliphatic rings. The van der Waals surface area contributed by atoms with E-state index in [2.05, 4.69) is 39.8 Å². The van der Waals surface area contributed by atoms with Gasteiger partial charge in [-0.15, -0.1) is 0 Å². The van der Waals surface area contributed by atoms with Crippen molar-refractivity contribution < 1.29 is 4.79 Å². The summed E-state index contributed by atoms with van der Waals surface area (Å²) in [5.41, 5.74) is 2.15. The fraction of sp³-hybridized carbons (Fsp3) is 0.476. The van der Waals surface area contributed by atoms with E-state index in [1.807, 2.05) is 29.1 Å². The lowest BCUT2D eigenvalue weighted by molar-refractivity contribution is -0.127. The summed E-state index contributed by atoms with van der Waals surface area (Å²) in [4.78, 5) is 18.1. The van der Waals surface area contributed by atoms with Crippen molar-refractivity contribution >= 4 is 11.9 Å². The first-order valence-electron chi connectivity index (χ1n) is 9.90. The number of aromatic nitrogens is 2. The number of hydrogen-bond acceptors (Lipinski definition) is 3. The largest absolute Gasteiger partial charge is 0.354 e. The van der Waals surface area contributed by atoms with Gasteiger partial charge in [-0.1, -0.05) is 25.0 Å². The van der Waals surface area contributed by atoms with E-state index in [9.17, 15) is 4.79 Å². The highest BCUT2D eigenvalue weighted by atomic mass is 16.2. The molecule has 1 aliphatic carbocycles. The highest BCUT2D eigenvalue weighted by molar-refractivity contribution is 5.85. The van der Waals surface area contributed by atoms with E-state index in [4.69, 9.17) is 0 Å². The summed E-state index contributed by atoms with van der Waals surface area (Å²) < 4.78 is 1.84. The zero-order valence-electron chi connectivity index (χ0n) is 16.9. The second-order valence-electron chi connectivity index (χ2n) is 7.49. The normalized spacial score (nSPS) is 16.0. The second kappa shape index (κ2) is 9.39. The van der Waals surface area contributed by atoms with Gasteiger partial charge >= 0.3 is 0 Å². The lowest BCUT2D eigenvalue weighted by Gasteiger charge is -2.22. The molecule has 1 saturated carbocycles. The first-order chi connectivity index (χ1) is 13.5. The van der Waals surface area contributed by atoms with E-state index in [-0.39, 0.29) is 18.5 Å². The summed E-state index contributed by atoms with van der Waals surface area (Å²) in [7, 11) is 3.50. The fourth-order valence-corrected chi connectivity index (χ4v) is 3.33. The van der Waals surface area contributed by atoms with Crippen molar-refractivity contribution in [2.24, 2.45) is 4.99 Å². The van der Waals surface area contributed by atoms with E-state index in [1.54, 1.807) is 25.2 Å². The number of rotatable bonds is 6. The summed E-state index contributed by atoms with van der Waals surface area (Å²) in [6.45, 7) is 2.23. The predicted octanol–water partition coefficient (Wildman–Crippen LogP) is 2.50. The van der Waals surface area contributed by atoms with E-state index in [0.717, 1.165) is 24.1 Å². The molecule has 0 aliphatic heterocycles. The molecule has 0 bridgehead atoms. The SMILES string of the molecule is CC(NC(=NCC(=O)N(C)C)NC1CCCC1)c1cccc(-n2cccn2)c1. The topological polar surface area (TPSA) is 74.6 Å². The molecule has 1 unspecified atom stereocenters. The van der Waals surface area contributed by atoms with Gasteiger partial charge in [0.1, 0.15) is 6.54 Å². The van der Waals surface area contributed by atoms with Crippen molar-refractivity contribution in [1.82, 2.24) is 25.3 Å². The predicted molar refractivity (Wildman–Crippen MR) is 112 cm³/mol. The van der Waals surface area contributed by atoms with Gasteiger partial charge in [0.2, 0.25) is 5.91 Å². The number of carbonyl (C=O) groups is 1. The quantitative estimate of drug-likeness (QED) is 0.595. The molecule has 28 heavy (non-hydrogen) atoms. The van der Waals surface area contributed by atoms with E-state index in [1.165, 1.54) is 12.8 Å². The molecule has 1 fully saturated rings. The molecule has 1 atom stereocenters. The van der Waals surface area contributed by atoms with Crippen LogP contribution in [-0.4, -0.2) is 53.2 Å². The van der Waals surface area contributed by atoms with Crippen LogP contribution in [-0.2, 0) is 4.79 Å². The molecular formula is C21H30N6O. The molecule has 3 rings (SSSR count). The molecule has 0 saturated heterocycles. The molecule has 0 radical (unpaired) electrons. The maximum Gasteiger partial charge on any atom is 0.243 e. The van der Waals surface area contributed by atoms with Crippen LogP contribution < -0.4 is 10.6 Å². The summed E-state index contributed by atoms with van der Waals surface area (Å²) in [5.74, 6) is 0.681. The van der Waals surface area contributed by atoms with Crippen LogP contribution >= 0.6 is 0 Å². The van der Waals surface area contributed by atoms with Crippen molar-refractivity contribution in [3.05, 3.63) is 48.3 Å². The summed E-state index contributed by atoms with van der Waals surface area (Å²) in [6.07, 6.45) is 8.47. The van der Waals surface area contributed by atoms with Gasteiger partial charge < -0.3 is 15.5 Å². The maximum absolute atomic E-state index is 12.0. The Bertz CT molecular complexity index is 793. The number of hydrogen-bond donors (Lipinski definition) is 2. The Balaban J connectivity index is 1.72. The monoisotopic (exact) mass is 382 g/mol. The third-order valence-corrected chi connectivity index (χ3v) is 5.06. The maximum atomic E-state index is 12.0. The Labute approximate surface area is 166 Å². The van der Waals surface area contributed by atoms with Crippen LogP contribution in [0, 0.1) is 0 Å². The first kappa shape index (κ1) is 19.9. The average Bonchev–Trinajstić information content (AvgIpc) is 3.40. The van der Waals surface area contributed by atoms with Crippen LogP contribution in [0.3, 0.4) is 0 Å². The van der Waals surface area contributed by atoms with Crippen LogP contribution in [0.15, 0.2) is 47.7 Å². The number of aliphatic imine (C=N–C) groups is 1. The van der Waals surface area contributed by atoms with Crippen molar-refractivity contribution in [2.75, 3.05) is 20.6 Å². The molecule has 1 aromatic carbocycles. The third kappa shape index (κ3) is 5.34. The molecular weight excluding hydrogens is 352 g/mol. The number of guanidine groups is 1. The number of nitrogens with one attached hydrogen (secondary N) is 2. The average molecular weight is 383 g/mol. The van der Waals surface area contributed by atoms with Gasteiger partial charge in [0, 0.05) is 32.5 Å². The molecule has 1 heterocycles. The zero-order chi connectivity index (χ0) is 19.9. The third-order valence-electron chi connectivity index (χ3n) is 5.06. The Morgan fingerprint density at radius 2 is 2.11 bits per heavy atom. The van der Waals surface area contributed by atoms with E-state index >= 15 is 0 Å². The van der Waals surface area contributed by atoms with E-state index < -0.39 is 0 Å². The molecule has 7 nitrogen and oxygen atoms in total. The first-order valence-corrected chi connectivity index (χ1v) is 9.90. The van der Waals surface area contributed by atoms with Crippen LogP contribution in [0.1, 0.15) is 44.2 Å². The Morgan fingerprint density at radius 1 is 1.32 bits per heavy atom. The minimum atomic E-state index is -0.0131. The van der Waals surface area contributed by atoms with Gasteiger partial charge in [0.15, 0.2) is 5.96 Å². The highest BCUT2D eigenvalue weighted by Gasteiger charge is 2.18. The molecule has 0 spiro atoms. The summed E-state index contributed by atoms with van der Waals surface area (Å²) in [5, 5.41) is 11.3. The van der Waals surface area contributed by atoms with Crippen molar-refractivity contribution in [2.45, 2.75) is 44.7 Å². The Hall–Kier alpha value is -2.83. The fourth-order valence-electron chi connectivity index (χ4n) is 3.33. The number of nitrogens with zero attached hydrogens (tertiary/aromatic N) is 4. The molecule has 2 aromatic rings. The standard InChI is InChI=1S/C21H30N6O/c1-16(17-8-6-11-19(14-17)27-13-7-12-23-27)24-21(22-15-20(28)26(2)3)25-18-9-4-5-10-18/h6-8,11-14,16,18H,4-5,9-10,15H2,1-3H3,(H2,22,24,25). The van der Waals surface area contributed by atoms with Crippen LogP contribution in [0.2, 0.25) is 0 Å². The van der Waals surface area contributed by atoms with Crippen LogP contribution in [0.25, 0.3) is 5.69 Å². The van der Waals surface area contributed by atoms with Crippen molar-refractivity contribution in [3.63, 3.8) is 0 Å². The van der Waals surface area contributed by atoms with Gasteiger partial charge in [-0.25, -0.2) is 9.67 Å². The molecule has 7 heteroatoms. The van der Waals surface area contributed by atoms with E-state index in [0.29, 0.717) is 12.0 Å². The number of benzene rings is 1. The highest BCUT2D eigenvalue weighted by Crippen LogP contribution is 2.19. The summed E-state index contributed by atoms with van der Waals surface area (Å²) >= 11 is 0. The number of carbonyl (C=O) groups excluding carboxylic acids is 1. The van der Waals surface area contributed by atoms with Gasteiger partial charge in [-0.2, -0.15) is 5.10 Å². The molecule has 2 N–H and O–H groups in total. The van der Waals surface area contributed by atoms with Crippen LogP contribution in [0.4, 0.5) is 0 Å². The van der Waals surface area contributed by atoms with Gasteiger partial charge in [0.05, 0.1) is 11.7 Å². The van der Waals surface area contributed by atoms with Crippen LogP contribution in [0.5, 0.6) is 0 Å². The molecule has 1 aromatic heterocycles. The minimum absolute atomic E-state index is 0.0131. The van der Waals surface area contributed by atoms with Gasteiger partial charge in [-0.3, -0.25) is 4.79 Å². The van der Waals surface area contributed by atoms with Gasteiger partial charge in [0.25, 0.3) is 0 Å². The molecule has 150 valence electrons. The minimum Gasteiger partial charge on any atom is -0.354 e. The zero-order valence-corrected chi connectivity index (χ0v) is 16.9. The van der Waals surface area contributed by atoms with Gasteiger partial charge in [-0.05, 0) is 43.5 Å². The number of likely N-dealkylation sites (N-methyl/N-ethyl adjacent to an activating group) is 1. The second-order valence-corrected chi connectivity index (χ2v) is 7.49. The smallest absolute Gasteiger partial charge is 0.243 e.